The highest BCUT2D eigenvalue weighted by atomic mass is 35.7. The Morgan fingerprint density at radius 1 is 1.19 bits per heavy atom. The molecule has 1 aromatic heterocycles. The predicted molar refractivity (Wildman–Crippen MR) is 80.4 cm³/mol. The largest absolute Gasteiger partial charge is 0.462 e. The molecule has 0 saturated heterocycles. The number of benzene rings is 1. The van der Waals surface area contributed by atoms with Gasteiger partial charge in [-0.05, 0) is 19.1 Å². The minimum Gasteiger partial charge on any atom is -0.462 e. The maximum absolute atomic E-state index is 12.0. The van der Waals surface area contributed by atoms with Gasteiger partial charge in [-0.15, -0.1) is 10.2 Å². The van der Waals surface area contributed by atoms with E-state index in [9.17, 15) is 14.9 Å². The Bertz CT molecular complexity index is 815. The van der Waals surface area contributed by atoms with Crippen LogP contribution in [0.4, 0.5) is 5.69 Å². The van der Waals surface area contributed by atoms with Crippen LogP contribution in [0.2, 0.25) is 0 Å². The van der Waals surface area contributed by atoms with Gasteiger partial charge in [0.05, 0.1) is 17.1 Å². The minimum atomic E-state index is -4.94. The van der Waals surface area contributed by atoms with E-state index in [2.05, 4.69) is 0 Å². The number of esters is 1. The molecule has 0 aliphatic carbocycles. The summed E-state index contributed by atoms with van der Waals surface area (Å²) in [5, 5.41) is 11.4. The lowest BCUT2D eigenvalue weighted by Gasteiger charge is -2.17. The Labute approximate surface area is 156 Å². The molecule has 0 unspecified atom stereocenters. The van der Waals surface area contributed by atoms with E-state index in [-0.39, 0.29) is 17.9 Å². The lowest BCUT2D eigenvalue weighted by atomic mass is 10.1. The van der Waals surface area contributed by atoms with Gasteiger partial charge in [-0.3, -0.25) is 10.1 Å². The summed E-state index contributed by atoms with van der Waals surface area (Å²) in [6.45, 7) is 3.65. The maximum Gasteiger partial charge on any atom is 0.344 e. The number of carbonyl (C=O) groups excluding carboxylic acids is 1. The van der Waals surface area contributed by atoms with Gasteiger partial charge >= 0.3 is 11.7 Å². The molecule has 10 nitrogen and oxygen atoms in total. The van der Waals surface area contributed by atoms with Crippen LogP contribution in [0.15, 0.2) is 36.4 Å². The molecule has 0 bridgehead atoms. The molecule has 1 heterocycles. The number of halogens is 1. The molecular formula is C16H17ClN2O8. The Morgan fingerprint density at radius 2 is 1.70 bits per heavy atom. The van der Waals surface area contributed by atoms with Crippen molar-refractivity contribution in [3.63, 3.8) is 0 Å². The highest BCUT2D eigenvalue weighted by Crippen LogP contribution is 2.28. The van der Waals surface area contributed by atoms with Crippen molar-refractivity contribution in [3.8, 4) is 11.3 Å². The fraction of sp³-hybridized carbons (Fsp3) is 0.250. The molecule has 146 valence electrons. The smallest absolute Gasteiger partial charge is 0.344 e. The number of aromatic nitrogens is 1. The standard InChI is InChI=1S/C16H17N2O4.ClHO4/c1-4-22-16(19)13-10-14(18(20)21)15(17(3)11(13)2)12-8-6-5-7-9-12;2-1(3,4)5/h5-10H,4H2,1-3H3;(H,2,3,4,5)/q+1;/p-1. The molecule has 0 amide bonds. The van der Waals surface area contributed by atoms with Gasteiger partial charge in [0.1, 0.15) is 12.6 Å². The van der Waals surface area contributed by atoms with E-state index in [0.717, 1.165) is 5.56 Å². The number of nitro groups is 1. The number of hydrogen-bond donors (Lipinski definition) is 0. The zero-order valence-corrected chi connectivity index (χ0v) is 15.5. The summed E-state index contributed by atoms with van der Waals surface area (Å²) in [7, 11) is -3.24. The van der Waals surface area contributed by atoms with Crippen molar-refractivity contribution in [2.75, 3.05) is 6.61 Å². The van der Waals surface area contributed by atoms with Crippen LogP contribution in [0, 0.1) is 27.3 Å². The molecule has 2 rings (SSSR count). The number of rotatable bonds is 4. The minimum absolute atomic E-state index is 0.123. The molecule has 11 heteroatoms. The van der Waals surface area contributed by atoms with Gasteiger partial charge in [0.2, 0.25) is 0 Å². The van der Waals surface area contributed by atoms with Crippen LogP contribution in [0.5, 0.6) is 0 Å². The Balaban J connectivity index is 0.000000646. The van der Waals surface area contributed by atoms with E-state index in [4.69, 9.17) is 23.4 Å². The van der Waals surface area contributed by atoms with Crippen molar-refractivity contribution in [1.82, 2.24) is 0 Å². The molecule has 0 aliphatic rings. The Kier molecular flexibility index (Phi) is 7.76. The third-order valence-electron chi connectivity index (χ3n) is 3.49. The van der Waals surface area contributed by atoms with E-state index in [1.165, 1.54) is 6.07 Å². The quantitative estimate of drug-likeness (QED) is 0.241. The number of nitrogens with zero attached hydrogens (tertiary/aromatic N) is 2. The lowest BCUT2D eigenvalue weighted by molar-refractivity contribution is -2.00. The molecule has 1 aromatic carbocycles. The topological polar surface area (TPSA) is 166 Å². The van der Waals surface area contributed by atoms with Crippen LogP contribution in [-0.4, -0.2) is 17.5 Å². The van der Waals surface area contributed by atoms with Crippen LogP contribution in [0.25, 0.3) is 11.3 Å². The summed E-state index contributed by atoms with van der Waals surface area (Å²) in [4.78, 5) is 22.9. The summed E-state index contributed by atoms with van der Waals surface area (Å²) >= 11 is 0. The normalized spacial score (nSPS) is 10.6. The van der Waals surface area contributed by atoms with Gasteiger partial charge in [-0.2, -0.15) is 4.57 Å². The summed E-state index contributed by atoms with van der Waals surface area (Å²) in [6, 6.07) is 10.4. The Morgan fingerprint density at radius 3 is 2.15 bits per heavy atom. The SMILES string of the molecule is CCOC(=O)c1cc([N+](=O)[O-])c(-c2ccccc2)[n+](C)c1C.[O-][Cl+3]([O-])([O-])[O-]. The van der Waals surface area contributed by atoms with Gasteiger partial charge in [0.25, 0.3) is 5.69 Å². The summed E-state index contributed by atoms with van der Waals surface area (Å²) in [6.07, 6.45) is 0. The van der Waals surface area contributed by atoms with Crippen LogP contribution in [-0.2, 0) is 11.8 Å². The van der Waals surface area contributed by atoms with Crippen molar-refractivity contribution in [3.05, 3.63) is 57.8 Å². The van der Waals surface area contributed by atoms with Crippen molar-refractivity contribution in [2.45, 2.75) is 13.8 Å². The third-order valence-corrected chi connectivity index (χ3v) is 3.49. The van der Waals surface area contributed by atoms with E-state index in [1.807, 2.05) is 18.2 Å². The molecule has 0 aliphatic heterocycles. The van der Waals surface area contributed by atoms with Gasteiger partial charge < -0.3 is 4.74 Å². The molecule has 0 spiro atoms. The van der Waals surface area contributed by atoms with Gasteiger partial charge in [-0.1, -0.05) is 18.2 Å². The highest BCUT2D eigenvalue weighted by molar-refractivity contribution is 5.91. The zero-order valence-electron chi connectivity index (χ0n) is 14.7. The van der Waals surface area contributed by atoms with Gasteiger partial charge in [-0.25, -0.2) is 23.4 Å². The second-order valence-corrected chi connectivity index (χ2v) is 5.91. The van der Waals surface area contributed by atoms with Crippen molar-refractivity contribution < 1.29 is 47.9 Å². The first-order valence-electron chi connectivity index (χ1n) is 7.49. The molecule has 2 aromatic rings. The van der Waals surface area contributed by atoms with E-state index < -0.39 is 21.1 Å². The monoisotopic (exact) mass is 400 g/mol. The zero-order chi connectivity index (χ0) is 20.8. The van der Waals surface area contributed by atoms with Gasteiger partial charge in [0, 0.05) is 13.0 Å². The van der Waals surface area contributed by atoms with Crippen LogP contribution in [0.3, 0.4) is 0 Å². The first kappa shape index (κ1) is 22.4. The summed E-state index contributed by atoms with van der Waals surface area (Å²) in [5.74, 6) is -0.557. The molecule has 0 saturated carbocycles. The number of ether oxygens (including phenoxy) is 1. The predicted octanol–water partition coefficient (Wildman–Crippen LogP) is -2.18. The highest BCUT2D eigenvalue weighted by Gasteiger charge is 2.31. The number of hydrogen-bond acceptors (Lipinski definition) is 8. The fourth-order valence-corrected chi connectivity index (χ4v) is 2.32. The van der Waals surface area contributed by atoms with Crippen LogP contribution >= 0.6 is 0 Å². The molecule has 0 N–H and O–H groups in total. The fourth-order valence-electron chi connectivity index (χ4n) is 2.32. The third kappa shape index (κ3) is 6.55. The second-order valence-electron chi connectivity index (χ2n) is 5.16. The van der Waals surface area contributed by atoms with E-state index >= 15 is 0 Å². The van der Waals surface area contributed by atoms with Crippen molar-refractivity contribution in [1.29, 1.82) is 0 Å². The summed E-state index contributed by atoms with van der Waals surface area (Å²) in [5.41, 5.74) is 1.87. The first-order valence-corrected chi connectivity index (χ1v) is 8.73. The second kappa shape index (κ2) is 9.35. The molecule has 0 atom stereocenters. The molecule has 0 fully saturated rings. The van der Waals surface area contributed by atoms with Crippen molar-refractivity contribution >= 4 is 11.7 Å². The van der Waals surface area contributed by atoms with E-state index in [0.29, 0.717) is 11.4 Å². The number of carbonyl (C=O) groups is 1. The van der Waals surface area contributed by atoms with Gasteiger partial charge in [0.15, 0.2) is 5.69 Å². The average Bonchev–Trinajstić information content (AvgIpc) is 2.56. The molecular weight excluding hydrogens is 384 g/mol. The average molecular weight is 401 g/mol. The lowest BCUT2D eigenvalue weighted by Crippen LogP contribution is -2.68. The summed E-state index contributed by atoms with van der Waals surface area (Å²) < 4.78 is 40.6. The maximum atomic E-state index is 12.0. The van der Waals surface area contributed by atoms with Crippen LogP contribution in [0.1, 0.15) is 23.0 Å². The first-order chi connectivity index (χ1) is 12.5. The Hall–Kier alpha value is -2.63. The molecule has 0 radical (unpaired) electrons. The number of pyridine rings is 1. The van der Waals surface area contributed by atoms with Crippen LogP contribution < -0.4 is 23.2 Å². The molecule has 27 heavy (non-hydrogen) atoms. The van der Waals surface area contributed by atoms with E-state index in [1.54, 1.807) is 37.6 Å². The van der Waals surface area contributed by atoms with Crippen molar-refractivity contribution in [2.24, 2.45) is 7.05 Å².